The smallest absolute Gasteiger partial charge is 0.224 e. The zero-order chi connectivity index (χ0) is 14.6. The second-order valence-corrected chi connectivity index (χ2v) is 4.88. The van der Waals surface area contributed by atoms with E-state index in [1.165, 1.54) is 11.1 Å². The Morgan fingerprint density at radius 2 is 2.05 bits per heavy atom. The minimum atomic E-state index is 0.122. The van der Waals surface area contributed by atoms with E-state index in [-0.39, 0.29) is 11.9 Å². The van der Waals surface area contributed by atoms with Crippen molar-refractivity contribution in [3.63, 3.8) is 0 Å². The van der Waals surface area contributed by atoms with Crippen molar-refractivity contribution in [3.8, 4) is 0 Å². The number of rotatable bonds is 1. The number of aryl methyl sites for hydroxylation is 1. The summed E-state index contributed by atoms with van der Waals surface area (Å²) in [5, 5.41) is 3.34. The predicted molar refractivity (Wildman–Crippen MR) is 81.5 cm³/mol. The lowest BCUT2D eigenvalue weighted by atomic mass is 9.90. The fourth-order valence-electron chi connectivity index (χ4n) is 2.74. The zero-order valence-electron chi connectivity index (χ0n) is 12.4. The summed E-state index contributed by atoms with van der Waals surface area (Å²) in [7, 11) is 1.98. The molecular weight excluding hydrogens is 236 g/mol. The number of carbonyl (C=O) groups is 1. The molecule has 3 heteroatoms. The average Bonchev–Trinajstić information content (AvgIpc) is 2.40. The van der Waals surface area contributed by atoms with Crippen LogP contribution in [0.5, 0.6) is 0 Å². The first-order valence-corrected chi connectivity index (χ1v) is 6.62. The van der Waals surface area contributed by atoms with Gasteiger partial charge >= 0.3 is 0 Å². The van der Waals surface area contributed by atoms with E-state index in [0.717, 1.165) is 12.1 Å². The van der Waals surface area contributed by atoms with Crippen LogP contribution in [0, 0.1) is 6.92 Å². The highest BCUT2D eigenvalue weighted by Crippen LogP contribution is 2.37. The topological polar surface area (TPSA) is 32.3 Å². The molecule has 1 N–H and O–H groups in total. The predicted octanol–water partition coefficient (Wildman–Crippen LogP) is 3.20. The standard InChI is InChI=1S/C14H20N2O.C2H4/c1-9-5-6-14-12(7-9)13(15-4)8-10(2)16(14)11(3)17;1-2/h5-7,10,13,15H,8H2,1-4H3;1-2H2. The molecule has 0 bridgehead atoms. The van der Waals surface area contributed by atoms with Crippen molar-refractivity contribution in [1.29, 1.82) is 0 Å². The lowest BCUT2D eigenvalue weighted by Gasteiger charge is -2.39. The first kappa shape index (κ1) is 15.4. The SMILES string of the molecule is C=C.CNC1CC(C)N(C(C)=O)c2ccc(C)cc21. The van der Waals surface area contributed by atoms with Gasteiger partial charge in [-0.15, -0.1) is 13.2 Å². The quantitative estimate of drug-likeness (QED) is 0.786. The van der Waals surface area contributed by atoms with Crippen molar-refractivity contribution in [3.05, 3.63) is 42.5 Å². The van der Waals surface area contributed by atoms with Crippen molar-refractivity contribution in [2.45, 2.75) is 39.3 Å². The number of nitrogens with zero attached hydrogens (tertiary/aromatic N) is 1. The Bertz CT molecular complexity index is 456. The van der Waals surface area contributed by atoms with Crippen LogP contribution in [-0.2, 0) is 4.79 Å². The van der Waals surface area contributed by atoms with E-state index in [2.05, 4.69) is 50.5 Å². The van der Waals surface area contributed by atoms with Gasteiger partial charge < -0.3 is 10.2 Å². The van der Waals surface area contributed by atoms with Gasteiger partial charge in [0.05, 0.1) is 0 Å². The van der Waals surface area contributed by atoms with Crippen LogP contribution < -0.4 is 10.2 Å². The molecule has 0 aromatic heterocycles. The first-order valence-electron chi connectivity index (χ1n) is 6.62. The normalized spacial score (nSPS) is 21.2. The Labute approximate surface area is 116 Å². The van der Waals surface area contributed by atoms with Crippen LogP contribution in [0.4, 0.5) is 5.69 Å². The Hall–Kier alpha value is -1.61. The molecule has 1 aliphatic rings. The Morgan fingerprint density at radius 3 is 2.58 bits per heavy atom. The van der Waals surface area contributed by atoms with Crippen LogP contribution in [0.15, 0.2) is 31.4 Å². The highest BCUT2D eigenvalue weighted by molar-refractivity contribution is 5.93. The molecule has 2 unspecified atom stereocenters. The van der Waals surface area contributed by atoms with Crippen molar-refractivity contribution in [2.24, 2.45) is 0 Å². The van der Waals surface area contributed by atoms with Gasteiger partial charge in [0.15, 0.2) is 0 Å². The van der Waals surface area contributed by atoms with Gasteiger partial charge in [-0.05, 0) is 38.9 Å². The van der Waals surface area contributed by atoms with Crippen LogP contribution in [0.2, 0.25) is 0 Å². The maximum Gasteiger partial charge on any atom is 0.224 e. The number of nitrogens with one attached hydrogen (secondary N) is 1. The van der Waals surface area contributed by atoms with Crippen LogP contribution in [0.25, 0.3) is 0 Å². The number of hydrogen-bond acceptors (Lipinski definition) is 2. The molecule has 2 rings (SSSR count). The lowest BCUT2D eigenvalue weighted by Crippen LogP contribution is -2.44. The lowest BCUT2D eigenvalue weighted by molar-refractivity contribution is -0.117. The third-order valence-electron chi connectivity index (χ3n) is 3.52. The number of hydrogen-bond donors (Lipinski definition) is 1. The molecule has 0 saturated carbocycles. The van der Waals surface area contributed by atoms with Gasteiger partial charge in [0, 0.05) is 24.7 Å². The summed E-state index contributed by atoms with van der Waals surface area (Å²) in [6.07, 6.45) is 0.965. The summed E-state index contributed by atoms with van der Waals surface area (Å²) in [5.41, 5.74) is 3.53. The minimum absolute atomic E-state index is 0.122. The average molecular weight is 260 g/mol. The molecule has 1 amide bonds. The van der Waals surface area contributed by atoms with Crippen molar-refractivity contribution in [2.75, 3.05) is 11.9 Å². The molecule has 0 fully saturated rings. The number of fused-ring (bicyclic) bond motifs is 1. The van der Waals surface area contributed by atoms with Crippen LogP contribution in [-0.4, -0.2) is 19.0 Å². The van der Waals surface area contributed by atoms with E-state index in [1.807, 2.05) is 11.9 Å². The third kappa shape index (κ3) is 3.04. The highest BCUT2D eigenvalue weighted by Gasteiger charge is 2.31. The second kappa shape index (κ2) is 6.53. The van der Waals surface area contributed by atoms with Gasteiger partial charge in [0.25, 0.3) is 0 Å². The largest absolute Gasteiger partial charge is 0.313 e. The number of amides is 1. The monoisotopic (exact) mass is 260 g/mol. The molecule has 0 spiro atoms. The summed E-state index contributed by atoms with van der Waals surface area (Å²) in [5.74, 6) is 0.122. The number of benzene rings is 1. The number of carbonyl (C=O) groups excluding carboxylic acids is 1. The molecule has 1 aliphatic heterocycles. The molecule has 19 heavy (non-hydrogen) atoms. The van der Waals surface area contributed by atoms with Crippen molar-refractivity contribution < 1.29 is 4.79 Å². The van der Waals surface area contributed by atoms with Gasteiger partial charge in [-0.2, -0.15) is 0 Å². The van der Waals surface area contributed by atoms with Gasteiger partial charge in [-0.3, -0.25) is 4.79 Å². The van der Waals surface area contributed by atoms with Crippen LogP contribution in [0.3, 0.4) is 0 Å². The molecule has 0 saturated heterocycles. The molecule has 1 aromatic rings. The van der Waals surface area contributed by atoms with E-state index in [0.29, 0.717) is 6.04 Å². The Kier molecular flexibility index (Phi) is 5.31. The first-order chi connectivity index (χ1) is 9.04. The molecular formula is C16H24N2O. The third-order valence-corrected chi connectivity index (χ3v) is 3.52. The van der Waals surface area contributed by atoms with Crippen molar-refractivity contribution in [1.82, 2.24) is 5.32 Å². The van der Waals surface area contributed by atoms with Crippen LogP contribution >= 0.6 is 0 Å². The molecule has 1 aromatic carbocycles. The number of anilines is 1. The Balaban J connectivity index is 0.000000861. The van der Waals surface area contributed by atoms with Crippen LogP contribution in [0.1, 0.15) is 37.4 Å². The maximum absolute atomic E-state index is 11.8. The summed E-state index contributed by atoms with van der Waals surface area (Å²) < 4.78 is 0. The van der Waals surface area contributed by atoms with Gasteiger partial charge in [-0.1, -0.05) is 17.7 Å². The fraction of sp³-hybridized carbons (Fsp3) is 0.438. The van der Waals surface area contributed by atoms with Crippen molar-refractivity contribution >= 4 is 11.6 Å². The van der Waals surface area contributed by atoms with E-state index >= 15 is 0 Å². The van der Waals surface area contributed by atoms with Gasteiger partial charge in [0.1, 0.15) is 0 Å². The molecule has 3 nitrogen and oxygen atoms in total. The summed E-state index contributed by atoms with van der Waals surface area (Å²) >= 11 is 0. The minimum Gasteiger partial charge on any atom is -0.313 e. The zero-order valence-corrected chi connectivity index (χ0v) is 12.4. The molecule has 0 radical (unpaired) electrons. The highest BCUT2D eigenvalue weighted by atomic mass is 16.2. The second-order valence-electron chi connectivity index (χ2n) is 4.88. The van der Waals surface area contributed by atoms with E-state index in [4.69, 9.17) is 0 Å². The van der Waals surface area contributed by atoms with E-state index in [1.54, 1.807) is 6.92 Å². The van der Waals surface area contributed by atoms with E-state index in [9.17, 15) is 4.79 Å². The fourth-order valence-corrected chi connectivity index (χ4v) is 2.74. The molecule has 104 valence electrons. The molecule has 2 atom stereocenters. The maximum atomic E-state index is 11.8. The summed E-state index contributed by atoms with van der Waals surface area (Å²) in [6, 6.07) is 6.90. The molecule has 0 aliphatic carbocycles. The van der Waals surface area contributed by atoms with Gasteiger partial charge in [-0.25, -0.2) is 0 Å². The van der Waals surface area contributed by atoms with Gasteiger partial charge in [0.2, 0.25) is 5.91 Å². The summed E-state index contributed by atoms with van der Waals surface area (Å²) in [6.45, 7) is 11.8. The molecule has 1 heterocycles. The summed E-state index contributed by atoms with van der Waals surface area (Å²) in [4.78, 5) is 13.7. The Morgan fingerprint density at radius 1 is 1.42 bits per heavy atom. The van der Waals surface area contributed by atoms with E-state index < -0.39 is 0 Å².